The van der Waals surface area contributed by atoms with Crippen molar-refractivity contribution in [3.63, 3.8) is 0 Å². The van der Waals surface area contributed by atoms with Gasteiger partial charge in [-0.3, -0.25) is 4.79 Å². The number of carbonyl (C=O) groups excluding carboxylic acids is 1. The van der Waals surface area contributed by atoms with Crippen LogP contribution in [0.15, 0.2) is 0 Å². The molecule has 0 aliphatic heterocycles. The van der Waals surface area contributed by atoms with Gasteiger partial charge in [-0.1, -0.05) is 0 Å². The van der Waals surface area contributed by atoms with Crippen molar-refractivity contribution in [1.82, 2.24) is 0 Å². The lowest BCUT2D eigenvalue weighted by Gasteiger charge is -1.98. The molecule has 0 heterocycles. The second kappa shape index (κ2) is 6.51. The van der Waals surface area contributed by atoms with Gasteiger partial charge in [0.1, 0.15) is 0 Å². The number of nitrogens with two attached hydrogens (primary N) is 1. The third-order valence-electron chi connectivity index (χ3n) is 0.947. The molecular formula is C6H13NO3. The highest BCUT2D eigenvalue weighted by Gasteiger charge is 1.92. The van der Waals surface area contributed by atoms with Gasteiger partial charge in [-0.15, -0.1) is 0 Å². The highest BCUT2D eigenvalue weighted by Crippen LogP contribution is 1.87. The summed E-state index contributed by atoms with van der Waals surface area (Å²) in [7, 11) is 0. The van der Waals surface area contributed by atoms with Gasteiger partial charge in [0.25, 0.3) is 0 Å². The molecule has 1 amide bonds. The Morgan fingerprint density at radius 1 is 1.50 bits per heavy atom. The zero-order valence-electron chi connectivity index (χ0n) is 5.88. The zero-order valence-corrected chi connectivity index (χ0v) is 5.88. The zero-order chi connectivity index (χ0) is 7.82. The van der Waals surface area contributed by atoms with Crippen LogP contribution in [0.4, 0.5) is 0 Å². The number of ether oxygens (including phenoxy) is 1. The topological polar surface area (TPSA) is 72.6 Å². The lowest BCUT2D eigenvalue weighted by atomic mass is 10.3. The first-order valence-electron chi connectivity index (χ1n) is 3.24. The summed E-state index contributed by atoms with van der Waals surface area (Å²) in [6.07, 6.45) is 0.987. The summed E-state index contributed by atoms with van der Waals surface area (Å²) < 4.78 is 4.88. The molecule has 4 heteroatoms. The minimum atomic E-state index is -0.312. The van der Waals surface area contributed by atoms with Gasteiger partial charge in [-0.05, 0) is 6.42 Å². The molecule has 10 heavy (non-hydrogen) atoms. The fraction of sp³-hybridized carbons (Fsp3) is 0.833. The number of aliphatic hydroxyl groups excluding tert-OH is 1. The summed E-state index contributed by atoms with van der Waals surface area (Å²) >= 11 is 0. The molecule has 0 atom stereocenters. The Hall–Kier alpha value is -0.610. The molecule has 0 aliphatic carbocycles. The normalized spacial score (nSPS) is 9.70. The van der Waals surface area contributed by atoms with E-state index in [9.17, 15) is 4.79 Å². The number of rotatable bonds is 6. The van der Waals surface area contributed by atoms with Gasteiger partial charge < -0.3 is 15.6 Å². The molecule has 0 fully saturated rings. The Morgan fingerprint density at radius 3 is 2.70 bits per heavy atom. The fourth-order valence-electron chi connectivity index (χ4n) is 0.515. The van der Waals surface area contributed by atoms with Crippen molar-refractivity contribution in [2.24, 2.45) is 5.73 Å². The van der Waals surface area contributed by atoms with Gasteiger partial charge in [-0.2, -0.15) is 0 Å². The molecular weight excluding hydrogens is 134 g/mol. The van der Waals surface area contributed by atoms with E-state index in [4.69, 9.17) is 15.6 Å². The minimum Gasteiger partial charge on any atom is -0.394 e. The summed E-state index contributed by atoms with van der Waals surface area (Å²) in [5.41, 5.74) is 4.86. The van der Waals surface area contributed by atoms with Crippen LogP contribution in [0.1, 0.15) is 12.8 Å². The van der Waals surface area contributed by atoms with E-state index in [0.29, 0.717) is 26.1 Å². The number of hydrogen-bond acceptors (Lipinski definition) is 3. The largest absolute Gasteiger partial charge is 0.394 e. The maximum Gasteiger partial charge on any atom is 0.217 e. The number of primary amides is 1. The lowest BCUT2D eigenvalue weighted by molar-refractivity contribution is -0.118. The lowest BCUT2D eigenvalue weighted by Crippen LogP contribution is -2.11. The average molecular weight is 147 g/mol. The number of hydrogen-bond donors (Lipinski definition) is 2. The smallest absolute Gasteiger partial charge is 0.217 e. The molecule has 0 bridgehead atoms. The predicted molar refractivity (Wildman–Crippen MR) is 36.3 cm³/mol. The van der Waals surface area contributed by atoms with Gasteiger partial charge in [0.15, 0.2) is 0 Å². The number of amides is 1. The van der Waals surface area contributed by atoms with Gasteiger partial charge >= 0.3 is 0 Å². The van der Waals surface area contributed by atoms with Crippen molar-refractivity contribution in [3.8, 4) is 0 Å². The van der Waals surface area contributed by atoms with E-state index in [1.807, 2.05) is 0 Å². The molecule has 0 saturated carbocycles. The molecule has 3 N–H and O–H groups in total. The maximum atomic E-state index is 10.1. The van der Waals surface area contributed by atoms with E-state index in [0.717, 1.165) is 0 Å². The van der Waals surface area contributed by atoms with Crippen LogP contribution in [-0.4, -0.2) is 30.8 Å². The standard InChI is InChI=1S/C6H13NO3/c7-6(9)2-1-4-10-5-3-8/h8H,1-5H2,(H2,7,9). The van der Waals surface area contributed by atoms with Crippen LogP contribution in [0.3, 0.4) is 0 Å². The molecule has 0 aromatic rings. The Labute approximate surface area is 60.0 Å². The van der Waals surface area contributed by atoms with Gasteiger partial charge in [0, 0.05) is 13.0 Å². The monoisotopic (exact) mass is 147 g/mol. The Bertz CT molecular complexity index is 95.0. The Kier molecular flexibility index (Phi) is 6.11. The molecule has 0 aromatic heterocycles. The second-order valence-electron chi connectivity index (χ2n) is 1.91. The summed E-state index contributed by atoms with van der Waals surface area (Å²) in [4.78, 5) is 10.1. The summed E-state index contributed by atoms with van der Waals surface area (Å²) in [6.45, 7) is 0.846. The maximum absolute atomic E-state index is 10.1. The van der Waals surface area contributed by atoms with E-state index in [1.165, 1.54) is 0 Å². The third kappa shape index (κ3) is 7.39. The molecule has 0 aromatic carbocycles. The molecule has 0 spiro atoms. The van der Waals surface area contributed by atoms with Crippen LogP contribution < -0.4 is 5.73 Å². The van der Waals surface area contributed by atoms with Crippen LogP contribution >= 0.6 is 0 Å². The van der Waals surface area contributed by atoms with Gasteiger partial charge in [-0.25, -0.2) is 0 Å². The van der Waals surface area contributed by atoms with E-state index in [-0.39, 0.29) is 12.5 Å². The van der Waals surface area contributed by atoms with E-state index in [1.54, 1.807) is 0 Å². The van der Waals surface area contributed by atoms with Crippen molar-refractivity contribution in [2.45, 2.75) is 12.8 Å². The molecule has 60 valence electrons. The fourth-order valence-corrected chi connectivity index (χ4v) is 0.515. The van der Waals surface area contributed by atoms with Crippen molar-refractivity contribution in [1.29, 1.82) is 0 Å². The van der Waals surface area contributed by atoms with Crippen molar-refractivity contribution in [3.05, 3.63) is 0 Å². The molecule has 0 saturated heterocycles. The number of aliphatic hydroxyl groups is 1. The van der Waals surface area contributed by atoms with Crippen LogP contribution in [0.25, 0.3) is 0 Å². The summed E-state index contributed by atoms with van der Waals surface area (Å²) in [5.74, 6) is -0.312. The predicted octanol–water partition coefficient (Wildman–Crippen LogP) is -0.739. The van der Waals surface area contributed by atoms with E-state index in [2.05, 4.69) is 0 Å². The van der Waals surface area contributed by atoms with E-state index < -0.39 is 0 Å². The van der Waals surface area contributed by atoms with Crippen LogP contribution in [0.5, 0.6) is 0 Å². The highest BCUT2D eigenvalue weighted by atomic mass is 16.5. The molecule has 0 radical (unpaired) electrons. The molecule has 0 rings (SSSR count). The molecule has 0 unspecified atom stereocenters. The Balaban J connectivity index is 2.84. The first-order chi connectivity index (χ1) is 4.77. The van der Waals surface area contributed by atoms with Crippen LogP contribution in [0.2, 0.25) is 0 Å². The van der Waals surface area contributed by atoms with Gasteiger partial charge in [0.2, 0.25) is 5.91 Å². The van der Waals surface area contributed by atoms with E-state index >= 15 is 0 Å². The van der Waals surface area contributed by atoms with Gasteiger partial charge in [0.05, 0.1) is 13.2 Å². The summed E-state index contributed by atoms with van der Waals surface area (Å²) in [5, 5.41) is 8.26. The second-order valence-corrected chi connectivity index (χ2v) is 1.91. The quantitative estimate of drug-likeness (QED) is 0.486. The van der Waals surface area contributed by atoms with Crippen molar-refractivity contribution < 1.29 is 14.6 Å². The minimum absolute atomic E-state index is 0.0244. The van der Waals surface area contributed by atoms with Crippen LogP contribution in [0, 0.1) is 0 Å². The average Bonchev–Trinajstić information content (AvgIpc) is 1.87. The first-order valence-corrected chi connectivity index (χ1v) is 3.24. The highest BCUT2D eigenvalue weighted by molar-refractivity contribution is 5.73. The van der Waals surface area contributed by atoms with Crippen molar-refractivity contribution in [2.75, 3.05) is 19.8 Å². The summed E-state index contributed by atoms with van der Waals surface area (Å²) in [6, 6.07) is 0. The van der Waals surface area contributed by atoms with Crippen molar-refractivity contribution >= 4 is 5.91 Å². The Morgan fingerprint density at radius 2 is 2.20 bits per heavy atom. The number of carbonyl (C=O) groups is 1. The first kappa shape index (κ1) is 9.39. The molecule has 4 nitrogen and oxygen atoms in total. The molecule has 0 aliphatic rings. The van der Waals surface area contributed by atoms with Crippen LogP contribution in [-0.2, 0) is 9.53 Å². The SMILES string of the molecule is NC(=O)CCCOCCO. The third-order valence-corrected chi connectivity index (χ3v) is 0.947.